The zero-order chi connectivity index (χ0) is 15.2. The summed E-state index contributed by atoms with van der Waals surface area (Å²) < 4.78 is 19.6. The predicted molar refractivity (Wildman–Crippen MR) is 80.8 cm³/mol. The van der Waals surface area contributed by atoms with Gasteiger partial charge in [0.25, 0.3) is 0 Å². The Bertz CT molecular complexity index is 599. The summed E-state index contributed by atoms with van der Waals surface area (Å²) in [5, 5.41) is 12.3. The van der Waals surface area contributed by atoms with E-state index in [1.165, 1.54) is 6.07 Å². The van der Waals surface area contributed by atoms with Gasteiger partial charge in [0, 0.05) is 12.6 Å². The molecule has 2 aromatic rings. The Balaban J connectivity index is 2.09. The number of halogens is 1. The Labute approximate surface area is 124 Å². The molecular formula is C17H20FNO2. The van der Waals surface area contributed by atoms with Gasteiger partial charge in [-0.15, -0.1) is 0 Å². The molecule has 0 aliphatic heterocycles. The minimum Gasteiger partial charge on any atom is -0.454 e. The maximum absolute atomic E-state index is 14.0. The Kier molecular flexibility index (Phi) is 5.31. The number of aliphatic hydroxyl groups is 1. The van der Waals surface area contributed by atoms with Crippen molar-refractivity contribution in [2.45, 2.75) is 33.0 Å². The molecule has 0 aromatic heterocycles. The molecule has 0 atom stereocenters. The highest BCUT2D eigenvalue weighted by Crippen LogP contribution is 2.26. The smallest absolute Gasteiger partial charge is 0.166 e. The molecule has 3 nitrogen and oxygen atoms in total. The van der Waals surface area contributed by atoms with Crippen LogP contribution in [0.1, 0.15) is 25.0 Å². The number of rotatable bonds is 6. The zero-order valence-electron chi connectivity index (χ0n) is 12.3. The zero-order valence-corrected chi connectivity index (χ0v) is 12.3. The first-order chi connectivity index (χ1) is 10.1. The molecule has 0 aliphatic rings. The Morgan fingerprint density at radius 1 is 1.14 bits per heavy atom. The average Bonchev–Trinajstić information content (AvgIpc) is 2.48. The number of ether oxygens (including phenoxy) is 1. The normalized spacial score (nSPS) is 10.9. The van der Waals surface area contributed by atoms with E-state index < -0.39 is 5.82 Å². The molecule has 0 fully saturated rings. The van der Waals surface area contributed by atoms with Crippen LogP contribution in [0.2, 0.25) is 0 Å². The van der Waals surface area contributed by atoms with Crippen LogP contribution in [0.3, 0.4) is 0 Å². The Hall–Kier alpha value is -1.91. The van der Waals surface area contributed by atoms with Gasteiger partial charge in [0.05, 0.1) is 6.61 Å². The van der Waals surface area contributed by atoms with Gasteiger partial charge in [-0.1, -0.05) is 32.0 Å². The molecule has 2 aromatic carbocycles. The molecule has 0 spiro atoms. The first-order valence-electron chi connectivity index (χ1n) is 6.98. The third-order valence-electron chi connectivity index (χ3n) is 3.02. The summed E-state index contributed by atoms with van der Waals surface area (Å²) in [4.78, 5) is 0. The van der Waals surface area contributed by atoms with Crippen molar-refractivity contribution in [1.29, 1.82) is 0 Å². The third-order valence-corrected chi connectivity index (χ3v) is 3.02. The van der Waals surface area contributed by atoms with E-state index in [0.717, 1.165) is 11.1 Å². The van der Waals surface area contributed by atoms with E-state index in [1.807, 2.05) is 19.9 Å². The molecule has 0 saturated heterocycles. The number of hydrogen-bond donors (Lipinski definition) is 2. The van der Waals surface area contributed by atoms with Crippen molar-refractivity contribution < 1.29 is 14.2 Å². The van der Waals surface area contributed by atoms with Crippen molar-refractivity contribution in [3.8, 4) is 11.5 Å². The second kappa shape index (κ2) is 7.20. The lowest BCUT2D eigenvalue weighted by Gasteiger charge is -2.11. The van der Waals surface area contributed by atoms with E-state index in [9.17, 15) is 4.39 Å². The first kappa shape index (κ1) is 15.5. The molecule has 21 heavy (non-hydrogen) atoms. The van der Waals surface area contributed by atoms with E-state index in [2.05, 4.69) is 5.32 Å². The van der Waals surface area contributed by atoms with Gasteiger partial charge >= 0.3 is 0 Å². The minimum absolute atomic E-state index is 0.0699. The lowest BCUT2D eigenvalue weighted by atomic mass is 10.2. The summed E-state index contributed by atoms with van der Waals surface area (Å²) >= 11 is 0. The second-order valence-electron chi connectivity index (χ2n) is 5.21. The summed E-state index contributed by atoms with van der Waals surface area (Å²) in [6.45, 7) is 4.64. The van der Waals surface area contributed by atoms with E-state index in [0.29, 0.717) is 18.3 Å². The molecule has 0 aliphatic carbocycles. The van der Waals surface area contributed by atoms with Crippen LogP contribution < -0.4 is 10.1 Å². The monoisotopic (exact) mass is 289 g/mol. The fraction of sp³-hybridized carbons (Fsp3) is 0.294. The highest BCUT2D eigenvalue weighted by atomic mass is 19.1. The van der Waals surface area contributed by atoms with Crippen LogP contribution in [0.5, 0.6) is 11.5 Å². The predicted octanol–water partition coefficient (Wildman–Crippen LogP) is 3.61. The molecule has 0 amide bonds. The van der Waals surface area contributed by atoms with Gasteiger partial charge in [-0.2, -0.15) is 0 Å². The van der Waals surface area contributed by atoms with Gasteiger partial charge in [-0.05, 0) is 35.4 Å². The standard InChI is InChI=1S/C17H20FNO2/c1-12(2)19-10-13-6-7-17(16(18)9-13)21-15-5-3-4-14(8-15)11-20/h3-9,12,19-20H,10-11H2,1-2H3. The van der Waals surface area contributed by atoms with Gasteiger partial charge in [0.1, 0.15) is 5.75 Å². The lowest BCUT2D eigenvalue weighted by Crippen LogP contribution is -2.21. The van der Waals surface area contributed by atoms with Crippen molar-refractivity contribution in [3.05, 3.63) is 59.4 Å². The van der Waals surface area contributed by atoms with Crippen molar-refractivity contribution >= 4 is 0 Å². The molecule has 2 rings (SSSR count). The van der Waals surface area contributed by atoms with Crippen LogP contribution in [0.4, 0.5) is 4.39 Å². The quantitative estimate of drug-likeness (QED) is 0.853. The number of aliphatic hydroxyl groups excluding tert-OH is 1. The highest BCUT2D eigenvalue weighted by Gasteiger charge is 2.07. The molecule has 0 unspecified atom stereocenters. The highest BCUT2D eigenvalue weighted by molar-refractivity contribution is 5.36. The summed E-state index contributed by atoms with van der Waals surface area (Å²) in [5.41, 5.74) is 1.60. The maximum Gasteiger partial charge on any atom is 0.166 e. The SMILES string of the molecule is CC(C)NCc1ccc(Oc2cccc(CO)c2)c(F)c1. The number of benzene rings is 2. The number of nitrogens with one attached hydrogen (secondary N) is 1. The van der Waals surface area contributed by atoms with Crippen LogP contribution in [0.25, 0.3) is 0 Å². The van der Waals surface area contributed by atoms with Crippen LogP contribution in [0, 0.1) is 5.82 Å². The molecule has 0 radical (unpaired) electrons. The summed E-state index contributed by atoms with van der Waals surface area (Å²) in [6.07, 6.45) is 0. The van der Waals surface area contributed by atoms with Crippen LogP contribution in [-0.4, -0.2) is 11.1 Å². The molecule has 2 N–H and O–H groups in total. The third kappa shape index (κ3) is 4.55. The summed E-state index contributed by atoms with van der Waals surface area (Å²) in [7, 11) is 0. The van der Waals surface area contributed by atoms with Crippen molar-refractivity contribution in [3.63, 3.8) is 0 Å². The van der Waals surface area contributed by atoms with Gasteiger partial charge in [-0.25, -0.2) is 4.39 Å². The molecular weight excluding hydrogens is 269 g/mol. The number of hydrogen-bond acceptors (Lipinski definition) is 3. The topological polar surface area (TPSA) is 41.5 Å². The summed E-state index contributed by atoms with van der Waals surface area (Å²) in [5.74, 6) is 0.291. The molecule has 4 heteroatoms. The Morgan fingerprint density at radius 3 is 2.62 bits per heavy atom. The fourth-order valence-electron chi connectivity index (χ4n) is 1.89. The van der Waals surface area contributed by atoms with Gasteiger partial charge in [0.15, 0.2) is 11.6 Å². The second-order valence-corrected chi connectivity index (χ2v) is 5.21. The van der Waals surface area contributed by atoms with Crippen molar-refractivity contribution in [2.75, 3.05) is 0 Å². The van der Waals surface area contributed by atoms with E-state index in [4.69, 9.17) is 9.84 Å². The van der Waals surface area contributed by atoms with E-state index in [-0.39, 0.29) is 12.4 Å². The van der Waals surface area contributed by atoms with Gasteiger partial charge in [-0.3, -0.25) is 0 Å². The molecule has 0 saturated carbocycles. The van der Waals surface area contributed by atoms with Crippen molar-refractivity contribution in [1.82, 2.24) is 5.32 Å². The van der Waals surface area contributed by atoms with Crippen LogP contribution in [-0.2, 0) is 13.2 Å². The van der Waals surface area contributed by atoms with Crippen molar-refractivity contribution in [2.24, 2.45) is 0 Å². The maximum atomic E-state index is 14.0. The van der Waals surface area contributed by atoms with Gasteiger partial charge in [0.2, 0.25) is 0 Å². The lowest BCUT2D eigenvalue weighted by molar-refractivity contribution is 0.281. The van der Waals surface area contributed by atoms with Crippen LogP contribution in [0.15, 0.2) is 42.5 Å². The average molecular weight is 289 g/mol. The van der Waals surface area contributed by atoms with E-state index >= 15 is 0 Å². The minimum atomic E-state index is -0.396. The van der Waals surface area contributed by atoms with E-state index in [1.54, 1.807) is 30.3 Å². The fourth-order valence-corrected chi connectivity index (χ4v) is 1.89. The van der Waals surface area contributed by atoms with Crippen LogP contribution >= 0.6 is 0 Å². The molecule has 112 valence electrons. The molecule has 0 heterocycles. The van der Waals surface area contributed by atoms with Gasteiger partial charge < -0.3 is 15.2 Å². The Morgan fingerprint density at radius 2 is 1.95 bits per heavy atom. The first-order valence-corrected chi connectivity index (χ1v) is 6.98. The largest absolute Gasteiger partial charge is 0.454 e. The molecule has 0 bridgehead atoms. The summed E-state index contributed by atoms with van der Waals surface area (Å²) in [6, 6.07) is 12.2.